The Morgan fingerprint density at radius 2 is 1.89 bits per heavy atom. The zero-order chi connectivity index (χ0) is 25.4. The minimum absolute atomic E-state index is 0.00322. The van der Waals surface area contributed by atoms with Crippen molar-refractivity contribution in [1.82, 2.24) is 4.90 Å². The zero-order valence-corrected chi connectivity index (χ0v) is 21.4. The van der Waals surface area contributed by atoms with Gasteiger partial charge in [-0.3, -0.25) is 4.90 Å². The highest BCUT2D eigenvalue weighted by atomic mass is 19.1. The molecule has 35 heavy (non-hydrogen) atoms. The van der Waals surface area contributed by atoms with E-state index in [1.54, 1.807) is 13.2 Å². The fraction of sp³-hybridized carbons (Fsp3) is 0.571. The van der Waals surface area contributed by atoms with Gasteiger partial charge in [-0.05, 0) is 43.7 Å². The molecular weight excluding hydrogens is 449 g/mol. The second kappa shape index (κ2) is 10.1. The van der Waals surface area contributed by atoms with Gasteiger partial charge < -0.3 is 24.4 Å². The van der Waals surface area contributed by atoms with Crippen LogP contribution in [0.3, 0.4) is 0 Å². The molecule has 0 amide bonds. The summed E-state index contributed by atoms with van der Waals surface area (Å²) < 4.78 is 32.2. The zero-order valence-electron chi connectivity index (χ0n) is 21.4. The maximum absolute atomic E-state index is 13.9. The van der Waals surface area contributed by atoms with E-state index in [1.165, 1.54) is 12.1 Å². The van der Waals surface area contributed by atoms with Crippen LogP contribution in [0.4, 0.5) is 4.39 Å². The Kier molecular flexibility index (Phi) is 7.44. The number of hydrogen-bond donors (Lipinski definition) is 2. The van der Waals surface area contributed by atoms with Crippen LogP contribution < -0.4 is 9.47 Å². The average molecular weight is 488 g/mol. The molecule has 0 bridgehead atoms. The minimum Gasteiger partial charge on any atom is -0.496 e. The van der Waals surface area contributed by atoms with E-state index in [0.29, 0.717) is 31.0 Å². The van der Waals surface area contributed by atoms with Gasteiger partial charge in [0.05, 0.1) is 25.9 Å². The highest BCUT2D eigenvalue weighted by Crippen LogP contribution is 2.47. The minimum atomic E-state index is -0.778. The summed E-state index contributed by atoms with van der Waals surface area (Å²) in [6, 6.07) is 10.3. The number of hydrogen-bond acceptors (Lipinski definition) is 6. The second-order valence-corrected chi connectivity index (χ2v) is 10.8. The van der Waals surface area contributed by atoms with Crippen LogP contribution in [0.1, 0.15) is 76.0 Å². The van der Waals surface area contributed by atoms with E-state index >= 15 is 0 Å². The summed E-state index contributed by atoms with van der Waals surface area (Å²) in [7, 11) is 1.60. The van der Waals surface area contributed by atoms with E-state index in [-0.39, 0.29) is 24.6 Å². The molecule has 2 aromatic carbocycles. The first-order chi connectivity index (χ1) is 16.6. The van der Waals surface area contributed by atoms with Gasteiger partial charge in [-0.2, -0.15) is 0 Å². The van der Waals surface area contributed by atoms with Crippen LogP contribution in [0.5, 0.6) is 11.5 Å². The van der Waals surface area contributed by atoms with Crippen molar-refractivity contribution in [3.05, 3.63) is 58.9 Å². The molecule has 2 N–H and O–H groups in total. The lowest BCUT2D eigenvalue weighted by Crippen LogP contribution is -2.51. The van der Waals surface area contributed by atoms with E-state index in [0.717, 1.165) is 29.5 Å². The Morgan fingerprint density at radius 3 is 2.51 bits per heavy atom. The van der Waals surface area contributed by atoms with Gasteiger partial charge in [0.15, 0.2) is 0 Å². The topological polar surface area (TPSA) is 71.4 Å². The third kappa shape index (κ3) is 5.33. The van der Waals surface area contributed by atoms with Gasteiger partial charge in [-0.1, -0.05) is 26.0 Å². The third-order valence-electron chi connectivity index (χ3n) is 7.34. The molecule has 1 fully saturated rings. The number of benzene rings is 2. The smallest absolute Gasteiger partial charge is 0.133 e. The fourth-order valence-electron chi connectivity index (χ4n) is 5.24. The number of aliphatic hydroxyl groups is 2. The molecule has 1 spiro atoms. The highest BCUT2D eigenvalue weighted by Gasteiger charge is 2.45. The molecule has 2 heterocycles. The van der Waals surface area contributed by atoms with Gasteiger partial charge in [-0.25, -0.2) is 4.39 Å². The fourth-order valence-corrected chi connectivity index (χ4v) is 5.24. The molecule has 2 atom stereocenters. The van der Waals surface area contributed by atoms with Crippen LogP contribution >= 0.6 is 0 Å². The maximum Gasteiger partial charge on any atom is 0.133 e. The number of likely N-dealkylation sites (tertiary alicyclic amines) is 1. The first kappa shape index (κ1) is 25.9. The molecule has 2 aliphatic rings. The Labute approximate surface area is 207 Å². The van der Waals surface area contributed by atoms with E-state index in [9.17, 15) is 14.6 Å². The quantitative estimate of drug-likeness (QED) is 0.580. The molecule has 1 saturated heterocycles. The second-order valence-electron chi connectivity index (χ2n) is 10.8. The predicted molar refractivity (Wildman–Crippen MR) is 132 cm³/mol. The van der Waals surface area contributed by atoms with Crippen molar-refractivity contribution in [3.63, 3.8) is 0 Å². The van der Waals surface area contributed by atoms with Crippen molar-refractivity contribution < 1.29 is 28.8 Å². The maximum atomic E-state index is 13.9. The van der Waals surface area contributed by atoms with Crippen LogP contribution in [0.2, 0.25) is 0 Å². The van der Waals surface area contributed by atoms with E-state index in [1.807, 2.05) is 50.8 Å². The third-order valence-corrected chi connectivity index (χ3v) is 7.34. The van der Waals surface area contributed by atoms with Crippen LogP contribution in [-0.2, 0) is 10.2 Å². The summed E-state index contributed by atoms with van der Waals surface area (Å²) in [4.78, 5) is 2.04. The van der Waals surface area contributed by atoms with E-state index in [4.69, 9.17) is 14.2 Å². The average Bonchev–Trinajstić information content (AvgIpc) is 2.84. The van der Waals surface area contributed by atoms with Gasteiger partial charge >= 0.3 is 0 Å². The van der Waals surface area contributed by atoms with Crippen LogP contribution in [0, 0.1) is 5.82 Å². The van der Waals surface area contributed by atoms with Crippen molar-refractivity contribution in [2.45, 2.75) is 76.4 Å². The lowest BCUT2D eigenvalue weighted by atomic mass is 9.81. The number of aliphatic hydroxyl groups excluding tert-OH is 2. The van der Waals surface area contributed by atoms with Crippen molar-refractivity contribution in [3.8, 4) is 11.5 Å². The number of nitrogens with zero attached hydrogens (tertiary/aromatic N) is 1. The molecule has 0 aliphatic carbocycles. The van der Waals surface area contributed by atoms with Gasteiger partial charge in [0.25, 0.3) is 0 Å². The first-order valence-electron chi connectivity index (χ1n) is 12.4. The summed E-state index contributed by atoms with van der Waals surface area (Å²) in [5.41, 5.74) is 1.57. The molecule has 6 nitrogen and oxygen atoms in total. The molecule has 192 valence electrons. The van der Waals surface area contributed by atoms with Gasteiger partial charge in [-0.15, -0.1) is 0 Å². The number of halogens is 1. The molecule has 0 radical (unpaired) electrons. The van der Waals surface area contributed by atoms with Gasteiger partial charge in [0, 0.05) is 48.9 Å². The summed E-state index contributed by atoms with van der Waals surface area (Å²) in [6.07, 6.45) is 1.13. The summed E-state index contributed by atoms with van der Waals surface area (Å²) in [5.74, 6) is 1.05. The lowest BCUT2D eigenvalue weighted by molar-refractivity contribution is -0.109. The number of fused-ring (bicyclic) bond motifs is 1. The Morgan fingerprint density at radius 1 is 1.17 bits per heavy atom. The highest BCUT2D eigenvalue weighted by molar-refractivity contribution is 5.43. The lowest BCUT2D eigenvalue weighted by Gasteiger charge is -2.47. The molecular formula is C28H38FNO5. The van der Waals surface area contributed by atoms with Crippen molar-refractivity contribution in [2.75, 3.05) is 26.8 Å². The van der Waals surface area contributed by atoms with Crippen LogP contribution in [0.15, 0.2) is 36.4 Å². The number of piperidine rings is 1. The number of methoxy groups -OCH3 is 1. The molecule has 2 aromatic rings. The molecule has 0 saturated carbocycles. The van der Waals surface area contributed by atoms with Crippen molar-refractivity contribution in [2.24, 2.45) is 0 Å². The molecule has 7 heteroatoms. The number of rotatable bonds is 7. The first-order valence-corrected chi connectivity index (χ1v) is 12.4. The largest absolute Gasteiger partial charge is 0.496 e. The van der Waals surface area contributed by atoms with Gasteiger partial charge in [0.1, 0.15) is 29.1 Å². The normalized spacial score (nSPS) is 21.0. The monoisotopic (exact) mass is 487 g/mol. The van der Waals surface area contributed by atoms with Crippen LogP contribution in [0.25, 0.3) is 0 Å². The predicted octanol–water partition coefficient (Wildman–Crippen LogP) is 4.88. The number of ether oxygens (including phenoxy) is 3. The standard InChI is InChI=1S/C28H38FNO5/c1-18(2)34-25-16-28(35-23-9-7-20(29)15-21(23)25)10-12-30(13-11-28)26(32)19-6-8-22(24(14-19)33-5)27(3,4)17-31/h6-9,14-15,18,25-26,31-32H,10-13,16-17H2,1-5H3/t25-,26?/m1/s1. The Hall–Kier alpha value is -2.19. The SMILES string of the molecule is COc1cc(C(O)N2CCC3(CC2)C[C@@H](OC(C)C)c2cc(F)ccc2O3)ccc1C(C)(C)CO. The molecule has 0 aromatic heterocycles. The molecule has 4 rings (SSSR count). The van der Waals surface area contributed by atoms with Crippen LogP contribution in [-0.4, -0.2) is 53.6 Å². The Bertz CT molecular complexity index is 1030. The van der Waals surface area contributed by atoms with E-state index < -0.39 is 17.2 Å². The summed E-state index contributed by atoms with van der Waals surface area (Å²) >= 11 is 0. The Balaban J connectivity index is 1.50. The molecule has 2 aliphatic heterocycles. The van der Waals surface area contributed by atoms with Crippen molar-refractivity contribution >= 4 is 0 Å². The van der Waals surface area contributed by atoms with E-state index in [2.05, 4.69) is 0 Å². The van der Waals surface area contributed by atoms with Crippen molar-refractivity contribution in [1.29, 1.82) is 0 Å². The van der Waals surface area contributed by atoms with Gasteiger partial charge in [0.2, 0.25) is 0 Å². The summed E-state index contributed by atoms with van der Waals surface area (Å²) in [6.45, 7) is 9.19. The molecule has 1 unspecified atom stereocenters. The summed E-state index contributed by atoms with van der Waals surface area (Å²) in [5, 5.41) is 20.9.